The van der Waals surface area contributed by atoms with Gasteiger partial charge in [-0.25, -0.2) is 0 Å². The fraction of sp³-hybridized carbons (Fsp3) is 1.00. The maximum Gasteiger partial charge on any atom is 0.0110 e. The molecule has 0 amide bonds. The van der Waals surface area contributed by atoms with Gasteiger partial charge in [0.15, 0.2) is 0 Å². The average Bonchev–Trinajstić information content (AvgIpc) is 2.19. The Balaban J connectivity index is 2.12. The molecular formula is C12H27N3. The Hall–Kier alpha value is -0.120. The van der Waals surface area contributed by atoms with Gasteiger partial charge in [0.05, 0.1) is 0 Å². The zero-order chi connectivity index (χ0) is 11.3. The van der Waals surface area contributed by atoms with Crippen LogP contribution in [-0.4, -0.2) is 62.2 Å². The SMILES string of the molecule is CC(CNC(C)C)CN1CCN(C)CC1. The number of piperazine rings is 1. The standard InChI is InChI=1S/C12H27N3/c1-11(2)13-9-12(3)10-15-7-5-14(4)6-8-15/h11-13H,5-10H2,1-4H3. The van der Waals surface area contributed by atoms with Gasteiger partial charge in [0, 0.05) is 38.8 Å². The molecule has 0 radical (unpaired) electrons. The van der Waals surface area contributed by atoms with E-state index in [0.29, 0.717) is 6.04 Å². The van der Waals surface area contributed by atoms with Crippen molar-refractivity contribution in [3.8, 4) is 0 Å². The molecule has 15 heavy (non-hydrogen) atoms. The average molecular weight is 213 g/mol. The van der Waals surface area contributed by atoms with E-state index in [1.54, 1.807) is 0 Å². The minimum atomic E-state index is 0.611. The van der Waals surface area contributed by atoms with Crippen molar-refractivity contribution in [1.82, 2.24) is 15.1 Å². The van der Waals surface area contributed by atoms with Crippen LogP contribution in [0.1, 0.15) is 20.8 Å². The van der Waals surface area contributed by atoms with E-state index in [0.717, 1.165) is 12.5 Å². The molecule has 1 fully saturated rings. The summed E-state index contributed by atoms with van der Waals surface area (Å²) in [5.74, 6) is 0.760. The largest absolute Gasteiger partial charge is 0.314 e. The molecule has 0 spiro atoms. The first-order chi connectivity index (χ1) is 7.08. The second kappa shape index (κ2) is 6.46. The van der Waals surface area contributed by atoms with Gasteiger partial charge >= 0.3 is 0 Å². The first-order valence-corrected chi connectivity index (χ1v) is 6.22. The first kappa shape index (κ1) is 12.9. The second-order valence-corrected chi connectivity index (χ2v) is 5.27. The van der Waals surface area contributed by atoms with Gasteiger partial charge < -0.3 is 15.1 Å². The lowest BCUT2D eigenvalue weighted by Gasteiger charge is -2.34. The molecule has 3 nitrogen and oxygen atoms in total. The molecule has 0 aromatic carbocycles. The Morgan fingerprint density at radius 1 is 1.07 bits per heavy atom. The number of likely N-dealkylation sites (N-methyl/N-ethyl adjacent to an activating group) is 1. The lowest BCUT2D eigenvalue weighted by molar-refractivity contribution is 0.138. The molecule has 90 valence electrons. The van der Waals surface area contributed by atoms with Gasteiger partial charge in [0.1, 0.15) is 0 Å². The Morgan fingerprint density at radius 2 is 1.67 bits per heavy atom. The highest BCUT2D eigenvalue weighted by Gasteiger charge is 2.15. The van der Waals surface area contributed by atoms with Crippen molar-refractivity contribution in [1.29, 1.82) is 0 Å². The Morgan fingerprint density at radius 3 is 2.20 bits per heavy atom. The molecule has 1 heterocycles. The van der Waals surface area contributed by atoms with E-state index in [1.165, 1.54) is 32.7 Å². The lowest BCUT2D eigenvalue weighted by atomic mass is 10.1. The molecule has 0 aromatic heterocycles. The summed E-state index contributed by atoms with van der Waals surface area (Å²) in [7, 11) is 2.21. The molecule has 1 unspecified atom stereocenters. The van der Waals surface area contributed by atoms with Crippen LogP contribution in [0.4, 0.5) is 0 Å². The number of hydrogen-bond acceptors (Lipinski definition) is 3. The van der Waals surface area contributed by atoms with Crippen LogP contribution in [-0.2, 0) is 0 Å². The van der Waals surface area contributed by atoms with Crippen LogP contribution in [0.25, 0.3) is 0 Å². The first-order valence-electron chi connectivity index (χ1n) is 6.22. The van der Waals surface area contributed by atoms with Gasteiger partial charge in [-0.15, -0.1) is 0 Å². The summed E-state index contributed by atoms with van der Waals surface area (Å²) in [6, 6.07) is 0.611. The van der Waals surface area contributed by atoms with Crippen LogP contribution in [0.2, 0.25) is 0 Å². The highest BCUT2D eigenvalue weighted by atomic mass is 15.2. The van der Waals surface area contributed by atoms with E-state index in [4.69, 9.17) is 0 Å². The molecular weight excluding hydrogens is 186 g/mol. The van der Waals surface area contributed by atoms with Crippen LogP contribution in [0.15, 0.2) is 0 Å². The molecule has 0 aliphatic carbocycles. The predicted octanol–water partition coefficient (Wildman–Crippen LogP) is 0.868. The Bertz CT molecular complexity index is 162. The quantitative estimate of drug-likeness (QED) is 0.731. The Labute approximate surface area is 94.8 Å². The van der Waals surface area contributed by atoms with Crippen molar-refractivity contribution in [3.63, 3.8) is 0 Å². The van der Waals surface area contributed by atoms with Crippen LogP contribution < -0.4 is 5.32 Å². The van der Waals surface area contributed by atoms with E-state index in [-0.39, 0.29) is 0 Å². The smallest absolute Gasteiger partial charge is 0.0110 e. The van der Waals surface area contributed by atoms with Crippen molar-refractivity contribution < 1.29 is 0 Å². The highest BCUT2D eigenvalue weighted by Crippen LogP contribution is 2.03. The van der Waals surface area contributed by atoms with Crippen molar-refractivity contribution in [2.45, 2.75) is 26.8 Å². The summed E-state index contributed by atoms with van der Waals surface area (Å²) in [5, 5.41) is 3.51. The van der Waals surface area contributed by atoms with Crippen molar-refractivity contribution in [2.24, 2.45) is 5.92 Å². The molecule has 1 rings (SSSR count). The lowest BCUT2D eigenvalue weighted by Crippen LogP contribution is -2.46. The maximum absolute atomic E-state index is 3.51. The van der Waals surface area contributed by atoms with Gasteiger partial charge in [-0.2, -0.15) is 0 Å². The molecule has 1 N–H and O–H groups in total. The van der Waals surface area contributed by atoms with Gasteiger partial charge in [0.2, 0.25) is 0 Å². The molecule has 1 aliphatic heterocycles. The Kier molecular flexibility index (Phi) is 5.58. The molecule has 0 bridgehead atoms. The van der Waals surface area contributed by atoms with Crippen molar-refractivity contribution >= 4 is 0 Å². The topological polar surface area (TPSA) is 18.5 Å². The highest BCUT2D eigenvalue weighted by molar-refractivity contribution is 4.72. The minimum absolute atomic E-state index is 0.611. The molecule has 0 saturated carbocycles. The second-order valence-electron chi connectivity index (χ2n) is 5.27. The molecule has 1 atom stereocenters. The molecule has 3 heteroatoms. The van der Waals surface area contributed by atoms with Crippen LogP contribution in [0.5, 0.6) is 0 Å². The molecule has 1 saturated heterocycles. The van der Waals surface area contributed by atoms with Crippen LogP contribution >= 0.6 is 0 Å². The monoisotopic (exact) mass is 213 g/mol. The summed E-state index contributed by atoms with van der Waals surface area (Å²) >= 11 is 0. The summed E-state index contributed by atoms with van der Waals surface area (Å²) in [5.41, 5.74) is 0. The number of rotatable bonds is 5. The van der Waals surface area contributed by atoms with Crippen molar-refractivity contribution in [3.05, 3.63) is 0 Å². The van der Waals surface area contributed by atoms with Crippen molar-refractivity contribution in [2.75, 3.05) is 46.3 Å². The van der Waals surface area contributed by atoms with E-state index in [1.807, 2.05) is 0 Å². The minimum Gasteiger partial charge on any atom is -0.314 e. The summed E-state index contributed by atoms with van der Waals surface area (Å²) < 4.78 is 0. The van der Waals surface area contributed by atoms with Crippen LogP contribution in [0.3, 0.4) is 0 Å². The normalized spacial score (nSPS) is 22.2. The summed E-state index contributed by atoms with van der Waals surface area (Å²) in [6.45, 7) is 14.1. The van der Waals surface area contributed by atoms with E-state index in [2.05, 4.69) is 42.9 Å². The van der Waals surface area contributed by atoms with Gasteiger partial charge in [-0.1, -0.05) is 20.8 Å². The number of nitrogens with one attached hydrogen (secondary N) is 1. The van der Waals surface area contributed by atoms with Gasteiger partial charge in [0.25, 0.3) is 0 Å². The third-order valence-corrected chi connectivity index (χ3v) is 3.04. The summed E-state index contributed by atoms with van der Waals surface area (Å²) in [6.07, 6.45) is 0. The third-order valence-electron chi connectivity index (χ3n) is 3.04. The van der Waals surface area contributed by atoms with Crippen LogP contribution in [0, 0.1) is 5.92 Å². The zero-order valence-corrected chi connectivity index (χ0v) is 10.8. The number of nitrogens with zero attached hydrogens (tertiary/aromatic N) is 2. The zero-order valence-electron chi connectivity index (χ0n) is 10.8. The van der Waals surface area contributed by atoms with E-state index < -0.39 is 0 Å². The van der Waals surface area contributed by atoms with E-state index in [9.17, 15) is 0 Å². The molecule has 1 aliphatic rings. The number of hydrogen-bond donors (Lipinski definition) is 1. The van der Waals surface area contributed by atoms with Gasteiger partial charge in [-0.05, 0) is 19.5 Å². The van der Waals surface area contributed by atoms with E-state index >= 15 is 0 Å². The summed E-state index contributed by atoms with van der Waals surface area (Å²) in [4.78, 5) is 5.00. The maximum atomic E-state index is 3.51. The third kappa shape index (κ3) is 5.50. The fourth-order valence-electron chi connectivity index (χ4n) is 1.97. The predicted molar refractivity (Wildman–Crippen MR) is 66.2 cm³/mol. The fourth-order valence-corrected chi connectivity index (χ4v) is 1.97. The van der Waals surface area contributed by atoms with Gasteiger partial charge in [-0.3, -0.25) is 0 Å². The molecule has 0 aromatic rings.